The standard InChI is InChI=1S/C12H19FN2O2S/c1-5-12(3,4)15-18(16,17)11-7-10(14)8(2)6-9(11)13/h6-7,15H,5,14H2,1-4H3. The van der Waals surface area contributed by atoms with Gasteiger partial charge in [-0.25, -0.2) is 17.5 Å². The molecule has 0 heterocycles. The second kappa shape index (κ2) is 4.85. The first-order chi connectivity index (χ1) is 8.09. The van der Waals surface area contributed by atoms with E-state index >= 15 is 0 Å². The van der Waals surface area contributed by atoms with Crippen LogP contribution in [-0.4, -0.2) is 14.0 Å². The summed E-state index contributed by atoms with van der Waals surface area (Å²) in [5.74, 6) is -0.791. The second-order valence-corrected chi connectivity index (χ2v) is 6.63. The monoisotopic (exact) mass is 274 g/mol. The molecule has 1 rings (SSSR count). The van der Waals surface area contributed by atoms with Crippen LogP contribution in [0.3, 0.4) is 0 Å². The number of nitrogen functional groups attached to an aromatic ring is 1. The molecule has 1 aromatic rings. The van der Waals surface area contributed by atoms with Gasteiger partial charge < -0.3 is 5.73 Å². The number of hydrogen-bond donors (Lipinski definition) is 2. The third-order valence-corrected chi connectivity index (χ3v) is 4.62. The van der Waals surface area contributed by atoms with Crippen LogP contribution in [0.15, 0.2) is 17.0 Å². The average molecular weight is 274 g/mol. The van der Waals surface area contributed by atoms with Gasteiger partial charge in [0.2, 0.25) is 10.0 Å². The summed E-state index contributed by atoms with van der Waals surface area (Å²) in [5.41, 5.74) is 5.76. The number of halogens is 1. The first-order valence-electron chi connectivity index (χ1n) is 5.68. The lowest BCUT2D eigenvalue weighted by Crippen LogP contribution is -2.42. The van der Waals surface area contributed by atoms with Crippen molar-refractivity contribution in [2.24, 2.45) is 0 Å². The van der Waals surface area contributed by atoms with Crippen LogP contribution in [0, 0.1) is 12.7 Å². The largest absolute Gasteiger partial charge is 0.398 e. The predicted octanol–water partition coefficient (Wildman–Crippen LogP) is 2.18. The molecule has 0 aromatic heterocycles. The van der Waals surface area contributed by atoms with E-state index in [4.69, 9.17) is 5.73 Å². The Morgan fingerprint density at radius 3 is 2.44 bits per heavy atom. The number of nitrogens with two attached hydrogens (primary N) is 1. The van der Waals surface area contributed by atoms with Gasteiger partial charge in [-0.15, -0.1) is 0 Å². The Hall–Kier alpha value is -1.14. The van der Waals surface area contributed by atoms with E-state index in [1.54, 1.807) is 20.8 Å². The van der Waals surface area contributed by atoms with Gasteiger partial charge in [-0.3, -0.25) is 0 Å². The fourth-order valence-corrected chi connectivity index (χ4v) is 2.94. The van der Waals surface area contributed by atoms with E-state index in [0.717, 1.165) is 12.1 Å². The van der Waals surface area contributed by atoms with Crippen molar-refractivity contribution in [1.82, 2.24) is 4.72 Å². The smallest absolute Gasteiger partial charge is 0.244 e. The summed E-state index contributed by atoms with van der Waals surface area (Å²) in [6.07, 6.45) is 0.592. The summed E-state index contributed by atoms with van der Waals surface area (Å²) < 4.78 is 40.4. The lowest BCUT2D eigenvalue weighted by Gasteiger charge is -2.24. The zero-order valence-corrected chi connectivity index (χ0v) is 11.9. The quantitative estimate of drug-likeness (QED) is 0.827. The Balaban J connectivity index is 3.26. The molecule has 0 bridgehead atoms. The van der Waals surface area contributed by atoms with E-state index in [1.807, 2.05) is 6.92 Å². The van der Waals surface area contributed by atoms with Crippen LogP contribution in [-0.2, 0) is 10.0 Å². The molecule has 0 aliphatic heterocycles. The third kappa shape index (κ3) is 3.20. The van der Waals surface area contributed by atoms with Crippen molar-refractivity contribution in [3.05, 3.63) is 23.5 Å². The van der Waals surface area contributed by atoms with Gasteiger partial charge in [-0.05, 0) is 44.9 Å². The number of rotatable bonds is 4. The fourth-order valence-electron chi connectivity index (χ4n) is 1.37. The first kappa shape index (κ1) is 14.9. The van der Waals surface area contributed by atoms with E-state index < -0.39 is 26.3 Å². The molecule has 0 aliphatic rings. The highest BCUT2D eigenvalue weighted by atomic mass is 32.2. The zero-order valence-electron chi connectivity index (χ0n) is 11.0. The molecule has 0 fully saturated rings. The van der Waals surface area contributed by atoms with E-state index in [9.17, 15) is 12.8 Å². The molecule has 0 radical (unpaired) electrons. The SMILES string of the molecule is CCC(C)(C)NS(=O)(=O)c1cc(N)c(C)cc1F. The summed E-state index contributed by atoms with van der Waals surface area (Å²) in [6.45, 7) is 6.95. The number of sulfonamides is 1. The molecule has 0 aliphatic carbocycles. The molecule has 0 spiro atoms. The maximum absolute atomic E-state index is 13.7. The number of aryl methyl sites for hydroxylation is 1. The molecular weight excluding hydrogens is 255 g/mol. The number of nitrogens with one attached hydrogen (secondary N) is 1. The molecule has 1 aromatic carbocycles. The van der Waals surface area contributed by atoms with Gasteiger partial charge >= 0.3 is 0 Å². The van der Waals surface area contributed by atoms with Crippen molar-refractivity contribution in [3.8, 4) is 0 Å². The Morgan fingerprint density at radius 1 is 1.39 bits per heavy atom. The zero-order chi connectivity index (χ0) is 14.1. The molecule has 18 heavy (non-hydrogen) atoms. The van der Waals surface area contributed by atoms with Crippen LogP contribution in [0.5, 0.6) is 0 Å². The minimum atomic E-state index is -3.90. The van der Waals surface area contributed by atoms with Crippen molar-refractivity contribution in [2.75, 3.05) is 5.73 Å². The maximum atomic E-state index is 13.7. The van der Waals surface area contributed by atoms with Crippen LogP contribution in [0.2, 0.25) is 0 Å². The maximum Gasteiger partial charge on any atom is 0.244 e. The van der Waals surface area contributed by atoms with E-state index in [2.05, 4.69) is 4.72 Å². The van der Waals surface area contributed by atoms with Crippen LogP contribution < -0.4 is 10.5 Å². The van der Waals surface area contributed by atoms with Crippen molar-refractivity contribution in [2.45, 2.75) is 44.6 Å². The summed E-state index contributed by atoms with van der Waals surface area (Å²) >= 11 is 0. The minimum Gasteiger partial charge on any atom is -0.398 e. The van der Waals surface area contributed by atoms with Crippen molar-refractivity contribution >= 4 is 15.7 Å². The summed E-state index contributed by atoms with van der Waals surface area (Å²) in [7, 11) is -3.90. The normalized spacial score (nSPS) is 12.7. The fraction of sp³-hybridized carbons (Fsp3) is 0.500. The lowest BCUT2D eigenvalue weighted by molar-refractivity contribution is 0.437. The van der Waals surface area contributed by atoms with Crippen molar-refractivity contribution in [3.63, 3.8) is 0 Å². The molecule has 4 nitrogen and oxygen atoms in total. The van der Waals surface area contributed by atoms with Gasteiger partial charge in [0.25, 0.3) is 0 Å². The first-order valence-corrected chi connectivity index (χ1v) is 7.17. The summed E-state index contributed by atoms with van der Waals surface area (Å²) in [4.78, 5) is -0.410. The Bertz CT molecular complexity index is 553. The van der Waals surface area contributed by atoms with E-state index in [-0.39, 0.29) is 5.69 Å². The van der Waals surface area contributed by atoms with Crippen LogP contribution >= 0.6 is 0 Å². The highest BCUT2D eigenvalue weighted by Gasteiger charge is 2.27. The molecule has 6 heteroatoms. The molecule has 0 unspecified atom stereocenters. The lowest BCUT2D eigenvalue weighted by atomic mass is 10.0. The second-order valence-electron chi connectivity index (χ2n) is 4.98. The van der Waals surface area contributed by atoms with Gasteiger partial charge in [0.05, 0.1) is 0 Å². The van der Waals surface area contributed by atoms with Gasteiger partial charge in [0.15, 0.2) is 0 Å². The van der Waals surface area contributed by atoms with Gasteiger partial charge in [-0.1, -0.05) is 6.92 Å². The van der Waals surface area contributed by atoms with E-state index in [0.29, 0.717) is 12.0 Å². The predicted molar refractivity (Wildman–Crippen MR) is 70.2 cm³/mol. The summed E-state index contributed by atoms with van der Waals surface area (Å²) in [6, 6.07) is 2.28. The summed E-state index contributed by atoms with van der Waals surface area (Å²) in [5, 5.41) is 0. The molecule has 0 saturated carbocycles. The van der Waals surface area contributed by atoms with E-state index in [1.165, 1.54) is 0 Å². The molecule has 0 saturated heterocycles. The minimum absolute atomic E-state index is 0.256. The Kier molecular flexibility index (Phi) is 4.02. The Labute approximate surface area is 107 Å². The molecule has 0 amide bonds. The Morgan fingerprint density at radius 2 is 1.94 bits per heavy atom. The third-order valence-electron chi connectivity index (χ3n) is 2.90. The van der Waals surface area contributed by atoms with Crippen LogP contribution in [0.4, 0.5) is 10.1 Å². The number of anilines is 1. The number of benzene rings is 1. The van der Waals surface area contributed by atoms with Gasteiger partial charge in [0, 0.05) is 11.2 Å². The topological polar surface area (TPSA) is 72.2 Å². The molecule has 0 atom stereocenters. The highest BCUT2D eigenvalue weighted by Crippen LogP contribution is 2.23. The van der Waals surface area contributed by atoms with Gasteiger partial charge in [-0.2, -0.15) is 0 Å². The van der Waals surface area contributed by atoms with Crippen molar-refractivity contribution < 1.29 is 12.8 Å². The number of hydrogen-bond acceptors (Lipinski definition) is 3. The van der Waals surface area contributed by atoms with Crippen LogP contribution in [0.25, 0.3) is 0 Å². The highest BCUT2D eigenvalue weighted by molar-refractivity contribution is 7.89. The van der Waals surface area contributed by atoms with Crippen LogP contribution in [0.1, 0.15) is 32.8 Å². The molecular formula is C12H19FN2O2S. The molecule has 3 N–H and O–H groups in total. The average Bonchev–Trinajstić information content (AvgIpc) is 2.21. The van der Waals surface area contributed by atoms with Gasteiger partial charge in [0.1, 0.15) is 10.7 Å². The molecule has 102 valence electrons. The van der Waals surface area contributed by atoms with Crippen molar-refractivity contribution in [1.29, 1.82) is 0 Å².